The van der Waals surface area contributed by atoms with Gasteiger partial charge in [-0.05, 0) is 62.6 Å². The van der Waals surface area contributed by atoms with Crippen LogP contribution in [-0.2, 0) is 33.0 Å². The quantitative estimate of drug-likeness (QED) is 0.500. The SMILES string of the molecule is CCC1CCC(CCc2ccccc2)S(=O)(=O)N1Cc1ccc(NC2CCN(S(C)(=O)=O)CC2)cc1F. The Morgan fingerprint density at radius 2 is 1.73 bits per heavy atom. The molecule has 1 N–H and O–H groups in total. The molecule has 0 spiro atoms. The zero-order valence-corrected chi connectivity index (χ0v) is 23.3. The van der Waals surface area contributed by atoms with Crippen molar-refractivity contribution in [3.63, 3.8) is 0 Å². The number of anilines is 1. The number of nitrogens with zero attached hydrogens (tertiary/aromatic N) is 2. The van der Waals surface area contributed by atoms with E-state index in [0.29, 0.717) is 62.9 Å². The first kappa shape index (κ1) is 28.0. The molecule has 2 fully saturated rings. The summed E-state index contributed by atoms with van der Waals surface area (Å²) >= 11 is 0. The topological polar surface area (TPSA) is 86.8 Å². The maximum atomic E-state index is 15.2. The van der Waals surface area contributed by atoms with Crippen LogP contribution in [0.1, 0.15) is 56.6 Å². The average molecular weight is 552 g/mol. The fraction of sp³-hybridized carbons (Fsp3) is 0.556. The molecule has 0 amide bonds. The van der Waals surface area contributed by atoms with Crippen LogP contribution < -0.4 is 5.32 Å². The third-order valence-electron chi connectivity index (χ3n) is 7.72. The van der Waals surface area contributed by atoms with Gasteiger partial charge >= 0.3 is 0 Å². The standard InChI is InChI=1S/C27H38FN3O4S2/c1-3-25-12-14-26(13-9-21-7-5-4-6-8-21)37(34,35)31(25)20-22-10-11-24(19-27(22)28)29-23-15-17-30(18-16-23)36(2,32)33/h4-8,10-11,19,23,25-26,29H,3,9,12-18,20H2,1-2H3. The Hall–Kier alpha value is -2.01. The van der Waals surface area contributed by atoms with E-state index < -0.39 is 31.1 Å². The number of hydrogen-bond acceptors (Lipinski definition) is 5. The minimum atomic E-state index is -3.56. The zero-order valence-electron chi connectivity index (χ0n) is 21.6. The van der Waals surface area contributed by atoms with E-state index >= 15 is 4.39 Å². The Morgan fingerprint density at radius 1 is 1.03 bits per heavy atom. The normalized spacial score (nSPS) is 23.6. The summed E-state index contributed by atoms with van der Waals surface area (Å²) in [5.74, 6) is -0.435. The predicted octanol–water partition coefficient (Wildman–Crippen LogP) is 4.37. The molecule has 37 heavy (non-hydrogen) atoms. The highest BCUT2D eigenvalue weighted by atomic mass is 32.2. The van der Waals surface area contributed by atoms with Crippen LogP contribution >= 0.6 is 0 Å². The lowest BCUT2D eigenvalue weighted by Crippen LogP contribution is -2.49. The Kier molecular flexibility index (Phi) is 8.93. The highest BCUT2D eigenvalue weighted by molar-refractivity contribution is 7.89. The molecule has 0 bridgehead atoms. The van der Waals surface area contributed by atoms with E-state index in [2.05, 4.69) is 5.32 Å². The summed E-state index contributed by atoms with van der Waals surface area (Å²) in [7, 11) is -6.76. The molecule has 0 radical (unpaired) electrons. The second kappa shape index (κ2) is 11.8. The van der Waals surface area contributed by atoms with Crippen LogP contribution in [0.5, 0.6) is 0 Å². The van der Waals surface area contributed by atoms with Crippen LogP contribution in [-0.4, -0.2) is 62.1 Å². The number of hydrogen-bond donors (Lipinski definition) is 1. The van der Waals surface area contributed by atoms with Gasteiger partial charge in [-0.15, -0.1) is 0 Å². The van der Waals surface area contributed by atoms with Crippen molar-refractivity contribution in [3.8, 4) is 0 Å². The average Bonchev–Trinajstić information content (AvgIpc) is 2.86. The molecule has 7 nitrogen and oxygen atoms in total. The lowest BCUT2D eigenvalue weighted by Gasteiger charge is -2.39. The number of rotatable bonds is 9. The van der Waals surface area contributed by atoms with Crippen molar-refractivity contribution in [3.05, 3.63) is 65.5 Å². The Morgan fingerprint density at radius 3 is 2.35 bits per heavy atom. The number of sulfonamides is 2. The van der Waals surface area contributed by atoms with Gasteiger partial charge in [-0.3, -0.25) is 0 Å². The number of nitrogens with one attached hydrogen (secondary N) is 1. The third-order valence-corrected chi connectivity index (χ3v) is 11.4. The molecule has 2 atom stereocenters. The first-order chi connectivity index (χ1) is 17.6. The monoisotopic (exact) mass is 551 g/mol. The summed E-state index contributed by atoms with van der Waals surface area (Å²) in [6.45, 7) is 2.89. The molecule has 2 aliphatic heterocycles. The molecule has 204 valence electrons. The number of piperidine rings is 1. The van der Waals surface area contributed by atoms with Crippen LogP contribution in [0.15, 0.2) is 48.5 Å². The molecule has 0 aliphatic carbocycles. The zero-order chi connectivity index (χ0) is 26.6. The largest absolute Gasteiger partial charge is 0.382 e. The summed E-state index contributed by atoms with van der Waals surface area (Å²) in [4.78, 5) is 0. The maximum absolute atomic E-state index is 15.2. The summed E-state index contributed by atoms with van der Waals surface area (Å²) in [6, 6.07) is 14.7. The third kappa shape index (κ3) is 6.90. The minimum absolute atomic E-state index is 0.0293. The van der Waals surface area contributed by atoms with Crippen molar-refractivity contribution in [2.45, 2.75) is 75.7 Å². The van der Waals surface area contributed by atoms with Crippen LogP contribution in [0.4, 0.5) is 10.1 Å². The van der Waals surface area contributed by atoms with Gasteiger partial charge in [-0.1, -0.05) is 43.3 Å². The van der Waals surface area contributed by atoms with Crippen LogP contribution in [0.3, 0.4) is 0 Å². The molecule has 2 unspecified atom stereocenters. The number of halogens is 1. The van der Waals surface area contributed by atoms with Gasteiger partial charge in [-0.2, -0.15) is 4.31 Å². The van der Waals surface area contributed by atoms with Crippen LogP contribution in [0.2, 0.25) is 0 Å². The molecule has 2 aromatic carbocycles. The molecular weight excluding hydrogens is 513 g/mol. The summed E-state index contributed by atoms with van der Waals surface area (Å²) < 4.78 is 68.8. The van der Waals surface area contributed by atoms with E-state index in [1.54, 1.807) is 12.1 Å². The fourth-order valence-corrected chi connectivity index (χ4v) is 8.56. The van der Waals surface area contributed by atoms with E-state index in [4.69, 9.17) is 0 Å². The molecule has 0 aromatic heterocycles. The minimum Gasteiger partial charge on any atom is -0.382 e. The van der Waals surface area contributed by atoms with Crippen molar-refractivity contribution < 1.29 is 21.2 Å². The van der Waals surface area contributed by atoms with E-state index in [0.717, 1.165) is 12.0 Å². The van der Waals surface area contributed by atoms with Crippen molar-refractivity contribution in [2.24, 2.45) is 0 Å². The highest BCUT2D eigenvalue weighted by Crippen LogP contribution is 2.33. The van der Waals surface area contributed by atoms with E-state index in [-0.39, 0.29) is 18.6 Å². The Bertz CT molecular complexity index is 1260. The molecule has 2 aromatic rings. The van der Waals surface area contributed by atoms with E-state index in [9.17, 15) is 16.8 Å². The Labute approximate surface area is 221 Å². The van der Waals surface area contributed by atoms with Gasteiger partial charge in [0, 0.05) is 43.0 Å². The summed E-state index contributed by atoms with van der Waals surface area (Å²) in [6.07, 6.45) is 5.87. The molecule has 2 heterocycles. The summed E-state index contributed by atoms with van der Waals surface area (Å²) in [5.41, 5.74) is 2.11. The van der Waals surface area contributed by atoms with Gasteiger partial charge < -0.3 is 5.32 Å². The van der Waals surface area contributed by atoms with E-state index in [1.807, 2.05) is 37.3 Å². The molecule has 2 aliphatic rings. The number of benzene rings is 2. The second-order valence-electron chi connectivity index (χ2n) is 10.3. The molecule has 2 saturated heterocycles. The summed E-state index contributed by atoms with van der Waals surface area (Å²) in [5, 5.41) is 2.85. The van der Waals surface area contributed by atoms with Crippen molar-refractivity contribution in [1.82, 2.24) is 8.61 Å². The van der Waals surface area contributed by atoms with Crippen molar-refractivity contribution in [2.75, 3.05) is 24.7 Å². The predicted molar refractivity (Wildman–Crippen MR) is 146 cm³/mol. The molecular formula is C27H38FN3O4S2. The lowest BCUT2D eigenvalue weighted by molar-refractivity contribution is 0.254. The van der Waals surface area contributed by atoms with Crippen molar-refractivity contribution in [1.29, 1.82) is 0 Å². The number of aryl methyl sites for hydroxylation is 1. The molecule has 10 heteroatoms. The fourth-order valence-electron chi connectivity index (χ4n) is 5.46. The van der Waals surface area contributed by atoms with Crippen LogP contribution in [0.25, 0.3) is 0 Å². The highest BCUT2D eigenvalue weighted by Gasteiger charge is 2.40. The lowest BCUT2D eigenvalue weighted by atomic mass is 10.0. The van der Waals surface area contributed by atoms with E-state index in [1.165, 1.54) is 20.9 Å². The van der Waals surface area contributed by atoms with Gasteiger partial charge in [0.2, 0.25) is 20.0 Å². The van der Waals surface area contributed by atoms with Crippen LogP contribution in [0, 0.1) is 5.82 Å². The van der Waals surface area contributed by atoms with Crippen molar-refractivity contribution >= 4 is 25.7 Å². The van der Waals surface area contributed by atoms with Gasteiger partial charge in [0.15, 0.2) is 0 Å². The first-order valence-corrected chi connectivity index (χ1v) is 16.5. The van der Waals surface area contributed by atoms with Gasteiger partial charge in [0.25, 0.3) is 0 Å². The smallest absolute Gasteiger partial charge is 0.217 e. The van der Waals surface area contributed by atoms with Gasteiger partial charge in [0.05, 0.1) is 11.5 Å². The molecule has 0 saturated carbocycles. The molecule has 4 rings (SSSR count). The van der Waals surface area contributed by atoms with Gasteiger partial charge in [-0.25, -0.2) is 25.5 Å². The Balaban J connectivity index is 1.41. The maximum Gasteiger partial charge on any atom is 0.217 e. The first-order valence-electron chi connectivity index (χ1n) is 13.1. The van der Waals surface area contributed by atoms with Gasteiger partial charge in [0.1, 0.15) is 5.82 Å². The second-order valence-corrected chi connectivity index (χ2v) is 14.4.